The van der Waals surface area contributed by atoms with E-state index in [0.717, 1.165) is 24.1 Å². The first kappa shape index (κ1) is 16.4. The van der Waals surface area contributed by atoms with Crippen LogP contribution in [-0.2, 0) is 6.18 Å². The van der Waals surface area contributed by atoms with Gasteiger partial charge in [-0.25, -0.2) is 0 Å². The molecule has 0 N–H and O–H groups in total. The highest BCUT2D eigenvalue weighted by atomic mass is 19.4. The van der Waals surface area contributed by atoms with Gasteiger partial charge in [0.25, 0.3) is 0 Å². The Kier molecular flexibility index (Phi) is 4.26. The zero-order valence-corrected chi connectivity index (χ0v) is 13.0. The van der Waals surface area contributed by atoms with Crippen molar-refractivity contribution in [3.05, 3.63) is 53.6 Å². The van der Waals surface area contributed by atoms with Crippen LogP contribution in [0.15, 0.2) is 47.5 Å². The summed E-state index contributed by atoms with van der Waals surface area (Å²) in [6.45, 7) is 3.91. The molecule has 0 heterocycles. The van der Waals surface area contributed by atoms with Gasteiger partial charge < -0.3 is 0 Å². The van der Waals surface area contributed by atoms with Crippen LogP contribution >= 0.6 is 0 Å². The Morgan fingerprint density at radius 3 is 2.38 bits per heavy atom. The van der Waals surface area contributed by atoms with Crippen LogP contribution in [0, 0.1) is 0 Å². The number of halogens is 3. The first-order chi connectivity index (χ1) is 11.4. The number of allylic oxidation sites excluding steroid dienone is 1. The van der Waals surface area contributed by atoms with Gasteiger partial charge in [-0.3, -0.25) is 9.79 Å². The van der Waals surface area contributed by atoms with Crippen molar-refractivity contribution in [1.29, 1.82) is 0 Å². The van der Waals surface area contributed by atoms with Crippen LogP contribution in [0.1, 0.15) is 41.6 Å². The molecule has 5 heteroatoms. The molecule has 1 aliphatic carbocycles. The van der Waals surface area contributed by atoms with E-state index in [4.69, 9.17) is 0 Å². The van der Waals surface area contributed by atoms with Crippen molar-refractivity contribution < 1.29 is 18.0 Å². The molecule has 2 aromatic carbocycles. The quantitative estimate of drug-likeness (QED) is 0.499. The predicted molar refractivity (Wildman–Crippen MR) is 89.0 cm³/mol. The molecule has 0 saturated heterocycles. The number of rotatable bonds is 2. The van der Waals surface area contributed by atoms with Crippen LogP contribution in [0.5, 0.6) is 0 Å². The third-order valence-electron chi connectivity index (χ3n) is 4.25. The monoisotopic (exact) mass is 331 g/mol. The van der Waals surface area contributed by atoms with Gasteiger partial charge >= 0.3 is 6.18 Å². The molecule has 2 aromatic rings. The molecular formula is C19H16F3NO. The van der Waals surface area contributed by atoms with E-state index >= 15 is 0 Å². The van der Waals surface area contributed by atoms with Crippen molar-refractivity contribution in [2.24, 2.45) is 4.99 Å². The predicted octanol–water partition coefficient (Wildman–Crippen LogP) is 5.87. The van der Waals surface area contributed by atoms with Gasteiger partial charge in [0.15, 0.2) is 0 Å². The lowest BCUT2D eigenvalue weighted by Crippen LogP contribution is -2.09. The maximum Gasteiger partial charge on any atom is 0.419 e. The smallest absolute Gasteiger partial charge is 0.298 e. The highest BCUT2D eigenvalue weighted by molar-refractivity contribution is 5.96. The summed E-state index contributed by atoms with van der Waals surface area (Å²) in [6, 6.07) is 7.16. The summed E-state index contributed by atoms with van der Waals surface area (Å²) >= 11 is 0. The highest BCUT2D eigenvalue weighted by Gasteiger charge is 2.35. The van der Waals surface area contributed by atoms with Gasteiger partial charge in [-0.2, -0.15) is 13.2 Å². The summed E-state index contributed by atoms with van der Waals surface area (Å²) in [5, 5.41) is 0.447. The number of aliphatic imine (C=N–C) groups is 1. The number of alkyl halides is 3. The maximum absolute atomic E-state index is 13.6. The van der Waals surface area contributed by atoms with E-state index in [0.29, 0.717) is 30.1 Å². The third-order valence-corrected chi connectivity index (χ3v) is 4.25. The van der Waals surface area contributed by atoms with Gasteiger partial charge in [-0.15, -0.1) is 0 Å². The fourth-order valence-corrected chi connectivity index (χ4v) is 2.98. The van der Waals surface area contributed by atoms with E-state index in [1.54, 1.807) is 6.07 Å². The fraction of sp³-hybridized carbons (Fsp3) is 0.263. The average Bonchev–Trinajstić information content (AvgIpc) is 2.55. The Hall–Kier alpha value is -2.43. The SMILES string of the molecule is C=C1CCC(=Nc2ccc3cc(C=O)ccc3c2C(F)(F)F)CC1. The lowest BCUT2D eigenvalue weighted by molar-refractivity contribution is -0.135. The van der Waals surface area contributed by atoms with E-state index in [-0.39, 0.29) is 11.1 Å². The van der Waals surface area contributed by atoms with E-state index in [1.165, 1.54) is 24.3 Å². The molecule has 3 rings (SSSR count). The van der Waals surface area contributed by atoms with Crippen LogP contribution in [0.4, 0.5) is 18.9 Å². The minimum atomic E-state index is -4.51. The van der Waals surface area contributed by atoms with Crippen LogP contribution in [-0.4, -0.2) is 12.0 Å². The first-order valence-electron chi connectivity index (χ1n) is 7.71. The molecule has 2 nitrogen and oxygen atoms in total. The lowest BCUT2D eigenvalue weighted by Gasteiger charge is -2.18. The van der Waals surface area contributed by atoms with Gasteiger partial charge in [0.2, 0.25) is 0 Å². The number of carbonyl (C=O) groups excluding carboxylic acids is 1. The molecule has 1 saturated carbocycles. The molecule has 0 aromatic heterocycles. The van der Waals surface area contributed by atoms with Crippen molar-refractivity contribution in [3.8, 4) is 0 Å². The number of benzene rings is 2. The number of carbonyl (C=O) groups is 1. The molecular weight excluding hydrogens is 315 g/mol. The zero-order valence-electron chi connectivity index (χ0n) is 13.0. The Morgan fingerprint density at radius 2 is 1.75 bits per heavy atom. The van der Waals surface area contributed by atoms with E-state index in [2.05, 4.69) is 11.6 Å². The van der Waals surface area contributed by atoms with Gasteiger partial charge in [0.1, 0.15) is 6.29 Å². The number of hydrogen-bond donors (Lipinski definition) is 0. The second-order valence-electron chi connectivity index (χ2n) is 5.98. The highest BCUT2D eigenvalue weighted by Crippen LogP contribution is 2.42. The first-order valence-corrected chi connectivity index (χ1v) is 7.71. The largest absolute Gasteiger partial charge is 0.419 e. The minimum absolute atomic E-state index is 0.0589. The lowest BCUT2D eigenvalue weighted by atomic mass is 9.94. The Labute approximate surface area is 137 Å². The number of fused-ring (bicyclic) bond motifs is 1. The molecule has 0 unspecified atom stereocenters. The van der Waals surface area contributed by atoms with Crippen LogP contribution in [0.3, 0.4) is 0 Å². The normalized spacial score (nSPS) is 15.6. The zero-order chi connectivity index (χ0) is 17.3. The number of aldehydes is 1. The van der Waals surface area contributed by atoms with Crippen LogP contribution in [0.2, 0.25) is 0 Å². The van der Waals surface area contributed by atoms with Gasteiger partial charge in [-0.05, 0) is 48.6 Å². The second-order valence-corrected chi connectivity index (χ2v) is 5.98. The van der Waals surface area contributed by atoms with Crippen molar-refractivity contribution in [1.82, 2.24) is 0 Å². The maximum atomic E-state index is 13.6. The fourth-order valence-electron chi connectivity index (χ4n) is 2.98. The molecule has 0 atom stereocenters. The van der Waals surface area contributed by atoms with Crippen LogP contribution < -0.4 is 0 Å². The third kappa shape index (κ3) is 3.25. The Balaban J connectivity index is 2.15. The standard InChI is InChI=1S/C19H16F3NO/c1-12-2-6-15(7-3-12)23-17-9-5-14-10-13(11-24)4-8-16(14)18(17)19(20,21)22/h4-5,8-11H,1-3,6-7H2. The molecule has 1 aliphatic rings. The summed E-state index contributed by atoms with van der Waals surface area (Å²) in [5.74, 6) is 0. The Bertz CT molecular complexity index is 838. The Morgan fingerprint density at radius 1 is 1.04 bits per heavy atom. The molecule has 0 spiro atoms. The summed E-state index contributed by atoms with van der Waals surface area (Å²) in [4.78, 5) is 15.1. The van der Waals surface area contributed by atoms with Crippen molar-refractivity contribution >= 4 is 28.5 Å². The molecule has 0 amide bonds. The number of hydrogen-bond acceptors (Lipinski definition) is 2. The molecule has 1 fully saturated rings. The molecule has 24 heavy (non-hydrogen) atoms. The molecule has 0 radical (unpaired) electrons. The van der Waals surface area contributed by atoms with Gasteiger partial charge in [-0.1, -0.05) is 30.4 Å². The van der Waals surface area contributed by atoms with Crippen molar-refractivity contribution in [2.45, 2.75) is 31.9 Å². The summed E-state index contributed by atoms with van der Waals surface area (Å²) in [5.41, 5.74) is 1.44. The second kappa shape index (κ2) is 6.23. The molecule has 0 aliphatic heterocycles. The van der Waals surface area contributed by atoms with Crippen molar-refractivity contribution in [2.75, 3.05) is 0 Å². The minimum Gasteiger partial charge on any atom is -0.298 e. The average molecular weight is 331 g/mol. The van der Waals surface area contributed by atoms with Gasteiger partial charge in [0.05, 0.1) is 11.3 Å². The van der Waals surface area contributed by atoms with Gasteiger partial charge in [0, 0.05) is 11.3 Å². The summed E-state index contributed by atoms with van der Waals surface area (Å²) < 4.78 is 40.9. The van der Waals surface area contributed by atoms with Crippen molar-refractivity contribution in [3.63, 3.8) is 0 Å². The van der Waals surface area contributed by atoms with Crippen LogP contribution in [0.25, 0.3) is 10.8 Å². The van der Waals surface area contributed by atoms with E-state index < -0.39 is 11.7 Å². The number of nitrogens with zero attached hydrogens (tertiary/aromatic N) is 1. The molecule has 124 valence electrons. The summed E-state index contributed by atoms with van der Waals surface area (Å²) in [6.07, 6.45) is -1.04. The summed E-state index contributed by atoms with van der Waals surface area (Å²) in [7, 11) is 0. The van der Waals surface area contributed by atoms with E-state index in [1.807, 2.05) is 0 Å². The van der Waals surface area contributed by atoms with E-state index in [9.17, 15) is 18.0 Å². The molecule has 0 bridgehead atoms. The topological polar surface area (TPSA) is 29.4 Å².